The van der Waals surface area contributed by atoms with E-state index in [1.165, 1.54) is 83.5 Å². The second-order valence-electron chi connectivity index (χ2n) is 8.27. The van der Waals surface area contributed by atoms with E-state index in [1.807, 2.05) is 0 Å². The molecule has 0 N–H and O–H groups in total. The highest BCUT2D eigenvalue weighted by atomic mass is 15.1. The van der Waals surface area contributed by atoms with Crippen molar-refractivity contribution in [2.24, 2.45) is 0 Å². The SMILES string of the molecule is CCCCCC1=C(CCCCC)C(CCCCC)=C(C(C)N(C)C)C1. The first-order valence-electron chi connectivity index (χ1n) is 11.2. The second-order valence-corrected chi connectivity index (χ2v) is 8.27. The molecule has 0 bridgehead atoms. The average molecular weight is 348 g/mol. The molecule has 0 radical (unpaired) electrons. The number of hydrogen-bond acceptors (Lipinski definition) is 1. The lowest BCUT2D eigenvalue weighted by molar-refractivity contribution is 0.345. The van der Waals surface area contributed by atoms with E-state index in [1.54, 1.807) is 22.3 Å². The number of allylic oxidation sites excluding steroid dienone is 3. The maximum atomic E-state index is 2.41. The van der Waals surface area contributed by atoms with Gasteiger partial charge in [-0.25, -0.2) is 0 Å². The Morgan fingerprint density at radius 3 is 1.68 bits per heavy atom. The van der Waals surface area contributed by atoms with Gasteiger partial charge in [0.15, 0.2) is 0 Å². The van der Waals surface area contributed by atoms with Gasteiger partial charge in [-0.2, -0.15) is 0 Å². The fourth-order valence-corrected chi connectivity index (χ4v) is 4.13. The van der Waals surface area contributed by atoms with Crippen molar-refractivity contribution in [3.05, 3.63) is 22.3 Å². The highest BCUT2D eigenvalue weighted by Gasteiger charge is 2.27. The van der Waals surface area contributed by atoms with Crippen molar-refractivity contribution in [1.82, 2.24) is 4.90 Å². The van der Waals surface area contributed by atoms with E-state index in [9.17, 15) is 0 Å². The number of rotatable bonds is 14. The first kappa shape index (κ1) is 22.5. The van der Waals surface area contributed by atoms with Crippen LogP contribution in [0.3, 0.4) is 0 Å². The Labute approximate surface area is 159 Å². The maximum Gasteiger partial charge on any atom is 0.0282 e. The average Bonchev–Trinajstić information content (AvgIpc) is 2.93. The van der Waals surface area contributed by atoms with Gasteiger partial charge in [0.2, 0.25) is 0 Å². The molecule has 0 aromatic carbocycles. The summed E-state index contributed by atoms with van der Waals surface area (Å²) in [4.78, 5) is 2.41. The van der Waals surface area contributed by atoms with Crippen molar-refractivity contribution in [3.63, 3.8) is 0 Å². The second kappa shape index (κ2) is 12.7. The fraction of sp³-hybridized carbons (Fsp3) is 0.833. The van der Waals surface area contributed by atoms with Crippen LogP contribution >= 0.6 is 0 Å². The molecule has 146 valence electrons. The Kier molecular flexibility index (Phi) is 11.5. The Morgan fingerprint density at radius 2 is 1.20 bits per heavy atom. The normalized spacial score (nSPS) is 16.4. The minimum absolute atomic E-state index is 0.585. The molecule has 0 saturated carbocycles. The molecule has 1 atom stereocenters. The van der Waals surface area contributed by atoms with Gasteiger partial charge in [-0.3, -0.25) is 0 Å². The zero-order valence-electron chi connectivity index (χ0n) is 18.2. The van der Waals surface area contributed by atoms with E-state index in [4.69, 9.17) is 0 Å². The van der Waals surface area contributed by atoms with Crippen LogP contribution in [0.4, 0.5) is 0 Å². The molecule has 25 heavy (non-hydrogen) atoms. The van der Waals surface area contributed by atoms with Crippen molar-refractivity contribution < 1.29 is 0 Å². The van der Waals surface area contributed by atoms with Gasteiger partial charge in [0.25, 0.3) is 0 Å². The monoisotopic (exact) mass is 347 g/mol. The highest BCUT2D eigenvalue weighted by Crippen LogP contribution is 2.42. The van der Waals surface area contributed by atoms with Crippen LogP contribution in [0.5, 0.6) is 0 Å². The summed E-state index contributed by atoms with van der Waals surface area (Å²) >= 11 is 0. The summed E-state index contributed by atoms with van der Waals surface area (Å²) in [5, 5.41) is 0. The molecule has 0 aromatic rings. The van der Waals surface area contributed by atoms with Crippen LogP contribution in [-0.2, 0) is 0 Å². The molecular formula is C24H45N. The van der Waals surface area contributed by atoms with E-state index in [0.29, 0.717) is 6.04 Å². The van der Waals surface area contributed by atoms with E-state index < -0.39 is 0 Å². The summed E-state index contributed by atoms with van der Waals surface area (Å²) in [6.45, 7) is 9.37. The molecule has 1 aliphatic carbocycles. The predicted molar refractivity (Wildman–Crippen MR) is 114 cm³/mol. The van der Waals surface area contributed by atoms with Gasteiger partial charge >= 0.3 is 0 Å². The smallest absolute Gasteiger partial charge is 0.0282 e. The van der Waals surface area contributed by atoms with Crippen molar-refractivity contribution in [2.75, 3.05) is 14.1 Å². The van der Waals surface area contributed by atoms with Crippen molar-refractivity contribution in [3.8, 4) is 0 Å². The van der Waals surface area contributed by atoms with E-state index >= 15 is 0 Å². The van der Waals surface area contributed by atoms with Gasteiger partial charge in [0, 0.05) is 6.04 Å². The summed E-state index contributed by atoms with van der Waals surface area (Å²) in [6, 6.07) is 0.585. The van der Waals surface area contributed by atoms with Gasteiger partial charge in [0.05, 0.1) is 0 Å². The Morgan fingerprint density at radius 1 is 0.720 bits per heavy atom. The van der Waals surface area contributed by atoms with Crippen LogP contribution in [0.2, 0.25) is 0 Å². The Balaban J connectivity index is 3.00. The van der Waals surface area contributed by atoms with Crippen molar-refractivity contribution >= 4 is 0 Å². The van der Waals surface area contributed by atoms with Crippen LogP contribution < -0.4 is 0 Å². The number of nitrogens with zero attached hydrogens (tertiary/aromatic N) is 1. The molecule has 0 aliphatic heterocycles. The van der Waals surface area contributed by atoms with Crippen molar-refractivity contribution in [1.29, 1.82) is 0 Å². The van der Waals surface area contributed by atoms with Crippen LogP contribution in [0.1, 0.15) is 111 Å². The molecule has 0 aromatic heterocycles. The minimum atomic E-state index is 0.585. The molecular weight excluding hydrogens is 302 g/mol. The van der Waals surface area contributed by atoms with E-state index in [0.717, 1.165) is 0 Å². The molecule has 0 spiro atoms. The first-order valence-corrected chi connectivity index (χ1v) is 11.2. The molecule has 0 saturated heterocycles. The van der Waals surface area contributed by atoms with E-state index in [2.05, 4.69) is 46.7 Å². The quantitative estimate of drug-likeness (QED) is 0.291. The number of hydrogen-bond donors (Lipinski definition) is 0. The Hall–Kier alpha value is -0.560. The van der Waals surface area contributed by atoms with Gasteiger partial charge in [-0.05, 0) is 82.7 Å². The molecule has 0 amide bonds. The zero-order chi connectivity index (χ0) is 18.7. The molecule has 1 heteroatoms. The fourth-order valence-electron chi connectivity index (χ4n) is 4.13. The minimum Gasteiger partial charge on any atom is -0.303 e. The summed E-state index contributed by atoms with van der Waals surface area (Å²) in [5.74, 6) is 0. The largest absolute Gasteiger partial charge is 0.303 e. The zero-order valence-corrected chi connectivity index (χ0v) is 18.2. The first-order chi connectivity index (χ1) is 12.1. The lowest BCUT2D eigenvalue weighted by atomic mass is 9.92. The third-order valence-corrected chi connectivity index (χ3v) is 6.00. The molecule has 0 heterocycles. The number of unbranched alkanes of at least 4 members (excludes halogenated alkanes) is 6. The topological polar surface area (TPSA) is 3.24 Å². The summed E-state index contributed by atoms with van der Waals surface area (Å²) in [5.41, 5.74) is 7.13. The third kappa shape index (κ3) is 7.29. The molecule has 1 rings (SSSR count). The van der Waals surface area contributed by atoms with Crippen molar-refractivity contribution in [2.45, 2.75) is 117 Å². The molecule has 1 nitrogen and oxygen atoms in total. The standard InChI is InChI=1S/C24H45N/c1-7-10-13-16-21-19-24(20(4)25(5)6)23(18-15-12-9-3)22(21)17-14-11-8-2/h20H,7-19H2,1-6H3. The van der Waals surface area contributed by atoms with Gasteiger partial charge in [-0.15, -0.1) is 0 Å². The lowest BCUT2D eigenvalue weighted by Crippen LogP contribution is -2.27. The van der Waals surface area contributed by atoms with Crippen LogP contribution in [0.25, 0.3) is 0 Å². The molecule has 0 fully saturated rings. The molecule has 1 aliphatic rings. The van der Waals surface area contributed by atoms with Gasteiger partial charge in [-0.1, -0.05) is 64.9 Å². The van der Waals surface area contributed by atoms with Gasteiger partial charge < -0.3 is 4.90 Å². The van der Waals surface area contributed by atoms with Crippen LogP contribution in [0.15, 0.2) is 22.3 Å². The maximum absolute atomic E-state index is 2.41. The summed E-state index contributed by atoms with van der Waals surface area (Å²) in [6.07, 6.45) is 17.5. The highest BCUT2D eigenvalue weighted by molar-refractivity contribution is 5.49. The Bertz CT molecular complexity index is 427. The van der Waals surface area contributed by atoms with Crippen LogP contribution in [0, 0.1) is 0 Å². The van der Waals surface area contributed by atoms with Gasteiger partial charge in [0.1, 0.15) is 0 Å². The van der Waals surface area contributed by atoms with Crippen LogP contribution in [-0.4, -0.2) is 25.0 Å². The summed E-state index contributed by atoms with van der Waals surface area (Å²) in [7, 11) is 4.49. The predicted octanol–water partition coefficient (Wildman–Crippen LogP) is 7.67. The third-order valence-electron chi connectivity index (χ3n) is 6.00. The summed E-state index contributed by atoms with van der Waals surface area (Å²) < 4.78 is 0. The molecule has 1 unspecified atom stereocenters. The number of likely N-dealkylation sites (N-methyl/N-ethyl adjacent to an activating group) is 1. The van der Waals surface area contributed by atoms with E-state index in [-0.39, 0.29) is 0 Å². The lowest BCUT2D eigenvalue weighted by Gasteiger charge is -2.24.